The van der Waals surface area contributed by atoms with Crippen molar-refractivity contribution in [3.8, 4) is 0 Å². The van der Waals surface area contributed by atoms with E-state index in [0.717, 1.165) is 39.2 Å². The number of allylic oxidation sites excluding steroid dienone is 1. The van der Waals surface area contributed by atoms with Crippen LogP contribution in [0.15, 0.2) is 53.0 Å². The molecule has 1 aromatic rings. The molecule has 5 nitrogen and oxygen atoms in total. The van der Waals surface area contributed by atoms with Crippen LogP contribution in [0.3, 0.4) is 0 Å². The number of fused-ring (bicyclic) bond motifs is 1. The minimum atomic E-state index is -5.09. The molecule has 45 heavy (non-hydrogen) atoms. The van der Waals surface area contributed by atoms with Gasteiger partial charge in [-0.25, -0.2) is 4.79 Å². The third kappa shape index (κ3) is 7.72. The molecule has 0 spiro atoms. The maximum Gasteiger partial charge on any atom is 0.432 e. The Balaban J connectivity index is 1.99. The second-order valence-electron chi connectivity index (χ2n) is 14.2. The Hall–Kier alpha value is -2.13. The number of hydrogen-bond acceptors (Lipinski definition) is 5. The van der Waals surface area contributed by atoms with Crippen molar-refractivity contribution < 1.29 is 37.0 Å². The molecule has 0 heterocycles. The van der Waals surface area contributed by atoms with E-state index in [1.165, 1.54) is 29.8 Å². The number of esters is 2. The van der Waals surface area contributed by atoms with Gasteiger partial charge in [0.05, 0.1) is 5.41 Å². The van der Waals surface area contributed by atoms with Crippen molar-refractivity contribution in [3.63, 3.8) is 0 Å². The molecule has 0 aliphatic heterocycles. The normalized spacial score (nSPS) is 26.3. The molecule has 2 aliphatic rings. The second kappa shape index (κ2) is 14.7. The lowest BCUT2D eigenvalue weighted by Gasteiger charge is -2.45. The summed E-state index contributed by atoms with van der Waals surface area (Å²) in [4.78, 5) is 28.5. The van der Waals surface area contributed by atoms with E-state index in [9.17, 15) is 22.8 Å². The fourth-order valence-corrected chi connectivity index (χ4v) is 8.42. The van der Waals surface area contributed by atoms with Crippen molar-refractivity contribution in [3.05, 3.63) is 58.6 Å². The zero-order chi connectivity index (χ0) is 33.8. The van der Waals surface area contributed by atoms with Crippen LogP contribution in [0.4, 0.5) is 13.2 Å². The predicted molar refractivity (Wildman–Crippen MR) is 173 cm³/mol. The Kier molecular flexibility index (Phi) is 12.2. The van der Waals surface area contributed by atoms with Gasteiger partial charge < -0.3 is 14.2 Å². The number of halogens is 4. The number of carbonyl (C=O) groups is 2. The molecule has 0 unspecified atom stereocenters. The van der Waals surface area contributed by atoms with Gasteiger partial charge in [0.1, 0.15) is 12.7 Å². The molecule has 0 amide bonds. The molecule has 0 N–H and O–H groups in total. The van der Waals surface area contributed by atoms with Gasteiger partial charge in [0.2, 0.25) is 0 Å². The Morgan fingerprint density at radius 1 is 1.13 bits per heavy atom. The van der Waals surface area contributed by atoms with E-state index < -0.39 is 41.2 Å². The van der Waals surface area contributed by atoms with Crippen molar-refractivity contribution in [2.24, 2.45) is 34.5 Å². The van der Waals surface area contributed by atoms with Gasteiger partial charge in [0, 0.05) is 18.6 Å². The number of alkyl halides is 3. The lowest BCUT2D eigenvalue weighted by molar-refractivity contribution is -0.279. The SMILES string of the molecule is C=C(COC(=O)C(C)(C)C)[C@@H](CC)[C@@H](C[C@@H](C)[C@H]1CC[C@H]2/C(=C/Br)CCC[C@]12C)OC(=O)[C@](OC)(c1ccccc1)C(F)(F)F. The van der Waals surface area contributed by atoms with Crippen LogP contribution < -0.4 is 0 Å². The van der Waals surface area contributed by atoms with Gasteiger partial charge >= 0.3 is 18.1 Å². The van der Waals surface area contributed by atoms with Crippen molar-refractivity contribution in [2.45, 2.75) is 104 Å². The Labute approximate surface area is 275 Å². The van der Waals surface area contributed by atoms with Gasteiger partial charge in [-0.3, -0.25) is 4.79 Å². The third-order valence-corrected chi connectivity index (χ3v) is 10.9. The van der Waals surface area contributed by atoms with Crippen LogP contribution >= 0.6 is 15.9 Å². The first-order valence-electron chi connectivity index (χ1n) is 16.0. The molecular formula is C36H50BrF3O5. The van der Waals surface area contributed by atoms with Crippen molar-refractivity contribution in [1.82, 2.24) is 0 Å². The zero-order valence-electron chi connectivity index (χ0n) is 27.8. The molecule has 252 valence electrons. The van der Waals surface area contributed by atoms with Gasteiger partial charge in [-0.05, 0) is 99.4 Å². The zero-order valence-corrected chi connectivity index (χ0v) is 29.4. The van der Waals surface area contributed by atoms with Gasteiger partial charge in [-0.2, -0.15) is 13.2 Å². The highest BCUT2D eigenvalue weighted by molar-refractivity contribution is 9.11. The molecule has 0 aromatic heterocycles. The van der Waals surface area contributed by atoms with Crippen LogP contribution in [-0.4, -0.2) is 37.9 Å². The van der Waals surface area contributed by atoms with E-state index in [1.54, 1.807) is 26.8 Å². The third-order valence-electron chi connectivity index (χ3n) is 10.3. The van der Waals surface area contributed by atoms with E-state index in [4.69, 9.17) is 14.2 Å². The molecule has 1 aromatic carbocycles. The molecular weight excluding hydrogens is 649 g/mol. The van der Waals surface area contributed by atoms with Crippen LogP contribution in [-0.2, 0) is 29.4 Å². The number of ether oxygens (including phenoxy) is 3. The van der Waals surface area contributed by atoms with Crippen molar-refractivity contribution in [2.75, 3.05) is 13.7 Å². The highest BCUT2D eigenvalue weighted by Gasteiger charge is 2.64. The van der Waals surface area contributed by atoms with Crippen LogP contribution in [0.5, 0.6) is 0 Å². The molecule has 2 saturated carbocycles. The summed E-state index contributed by atoms with van der Waals surface area (Å²) in [5.74, 6) is -1.71. The highest BCUT2D eigenvalue weighted by Crippen LogP contribution is 2.60. The number of carbonyl (C=O) groups excluding carboxylic acids is 2. The average Bonchev–Trinajstić information content (AvgIpc) is 3.33. The molecule has 0 bridgehead atoms. The summed E-state index contributed by atoms with van der Waals surface area (Å²) in [5.41, 5.74) is -2.45. The average molecular weight is 700 g/mol. The number of rotatable bonds is 12. The second-order valence-corrected chi connectivity index (χ2v) is 14.6. The van der Waals surface area contributed by atoms with Gasteiger partial charge in [0.25, 0.3) is 5.60 Å². The fraction of sp³-hybridized carbons (Fsp3) is 0.667. The van der Waals surface area contributed by atoms with E-state index in [-0.39, 0.29) is 23.5 Å². The van der Waals surface area contributed by atoms with Gasteiger partial charge in [-0.15, -0.1) is 0 Å². The topological polar surface area (TPSA) is 61.8 Å². The van der Waals surface area contributed by atoms with E-state index in [2.05, 4.69) is 41.3 Å². The summed E-state index contributed by atoms with van der Waals surface area (Å²) in [6, 6.07) is 6.87. The first kappa shape index (κ1) is 37.3. The predicted octanol–water partition coefficient (Wildman–Crippen LogP) is 9.70. The van der Waals surface area contributed by atoms with Crippen LogP contribution in [0.1, 0.15) is 92.1 Å². The summed E-state index contributed by atoms with van der Waals surface area (Å²) < 4.78 is 61.1. The molecule has 9 heteroatoms. The summed E-state index contributed by atoms with van der Waals surface area (Å²) in [7, 11) is 0.874. The monoisotopic (exact) mass is 698 g/mol. The number of benzene rings is 1. The van der Waals surface area contributed by atoms with Crippen molar-refractivity contribution in [1.29, 1.82) is 0 Å². The minimum Gasteiger partial charge on any atom is -0.461 e. The molecule has 7 atom stereocenters. The summed E-state index contributed by atoms with van der Waals surface area (Å²) in [6.07, 6.45) is -0.0218. The fourth-order valence-electron chi connectivity index (χ4n) is 7.87. The summed E-state index contributed by atoms with van der Waals surface area (Å²) in [5, 5.41) is 0. The highest BCUT2D eigenvalue weighted by atomic mass is 79.9. The van der Waals surface area contributed by atoms with E-state index >= 15 is 0 Å². The van der Waals surface area contributed by atoms with Crippen LogP contribution in [0.2, 0.25) is 0 Å². The van der Waals surface area contributed by atoms with Crippen LogP contribution in [0, 0.1) is 34.5 Å². The summed E-state index contributed by atoms with van der Waals surface area (Å²) >= 11 is 3.57. The first-order valence-corrected chi connectivity index (χ1v) is 16.9. The van der Waals surface area contributed by atoms with Gasteiger partial charge in [-0.1, -0.05) is 79.2 Å². The molecule has 3 rings (SSSR count). The Morgan fingerprint density at radius 2 is 1.78 bits per heavy atom. The maximum atomic E-state index is 14.8. The Morgan fingerprint density at radius 3 is 2.31 bits per heavy atom. The lowest BCUT2D eigenvalue weighted by atomic mass is 9.61. The standard InChI is InChI=1S/C36H50BrF3O5/c1-9-27(24(3)22-44-31(41)33(4,5)6)30(20-23(2)28-17-18-29-25(21-37)14-13-19-34(28,29)7)45-32(42)35(43-8,36(38,39)40)26-15-11-10-12-16-26/h10-12,15-16,21,23,27-30H,3,9,13-14,17-20,22H2,1-2,4-8H3/b25-21+/t23-,27-,28-,29+,30-,34-,35-/m1/s1. The molecule has 0 saturated heterocycles. The van der Waals surface area contributed by atoms with E-state index in [0.29, 0.717) is 30.3 Å². The minimum absolute atomic E-state index is 0.0333. The van der Waals surface area contributed by atoms with Crippen molar-refractivity contribution >= 4 is 27.9 Å². The van der Waals surface area contributed by atoms with E-state index in [1.807, 2.05) is 6.92 Å². The smallest absolute Gasteiger partial charge is 0.432 e. The number of hydrogen-bond donors (Lipinski definition) is 0. The van der Waals surface area contributed by atoms with Crippen LogP contribution in [0.25, 0.3) is 0 Å². The lowest BCUT2D eigenvalue weighted by Crippen LogP contribution is -2.53. The molecule has 0 radical (unpaired) electrons. The quantitative estimate of drug-likeness (QED) is 0.161. The molecule has 2 fully saturated rings. The Bertz CT molecular complexity index is 1220. The van der Waals surface area contributed by atoms with Gasteiger partial charge in [0.15, 0.2) is 0 Å². The molecule has 2 aliphatic carbocycles. The maximum absolute atomic E-state index is 14.8. The summed E-state index contributed by atoms with van der Waals surface area (Å²) in [6.45, 7) is 15.6. The number of methoxy groups -OCH3 is 1. The first-order chi connectivity index (χ1) is 21.0. The largest absolute Gasteiger partial charge is 0.461 e.